The van der Waals surface area contributed by atoms with E-state index in [-0.39, 0.29) is 24.1 Å². The minimum atomic E-state index is -0.237. The predicted molar refractivity (Wildman–Crippen MR) is 219 cm³/mol. The summed E-state index contributed by atoms with van der Waals surface area (Å²) in [6, 6.07) is 32.6. The van der Waals surface area contributed by atoms with Gasteiger partial charge in [-0.3, -0.25) is 9.80 Å². The van der Waals surface area contributed by atoms with E-state index in [1.807, 2.05) is 100 Å². The largest absolute Gasteiger partial charge is 0.361 e. The first-order valence-corrected chi connectivity index (χ1v) is 19.5. The molecule has 4 heterocycles. The van der Waals surface area contributed by atoms with Crippen LogP contribution in [0.1, 0.15) is 82.9 Å². The van der Waals surface area contributed by atoms with Crippen LogP contribution in [0.4, 0.5) is 21.0 Å². The highest BCUT2D eigenvalue weighted by molar-refractivity contribution is 5.97. The third-order valence-corrected chi connectivity index (χ3v) is 11.5. The van der Waals surface area contributed by atoms with E-state index in [0.29, 0.717) is 13.1 Å². The Morgan fingerprint density at radius 3 is 1.29 bits per heavy atom. The lowest BCUT2D eigenvalue weighted by molar-refractivity contribution is 0.183. The SMILES string of the molecule is Cc1noc(C)c1-c1ccc2c(c1)C(c1ccccc1)N(CCCCCCN1C(=O)N(C)c3ccc(-c4c(C)noc4C)cc3C1c1ccccc1)C(=O)N2C. The second-order valence-electron chi connectivity index (χ2n) is 15.1. The Morgan fingerprint density at radius 2 is 0.929 bits per heavy atom. The smallest absolute Gasteiger partial charge is 0.325 e. The molecule has 2 aliphatic heterocycles. The van der Waals surface area contributed by atoms with Gasteiger partial charge in [0.1, 0.15) is 11.5 Å². The monoisotopic (exact) mass is 748 g/mol. The van der Waals surface area contributed by atoms with E-state index in [1.54, 1.807) is 9.80 Å². The quantitative estimate of drug-likeness (QED) is 0.122. The molecule has 2 aliphatic rings. The van der Waals surface area contributed by atoms with Crippen LogP contribution in [-0.4, -0.2) is 59.4 Å². The van der Waals surface area contributed by atoms with Crippen LogP contribution in [0.25, 0.3) is 22.3 Å². The van der Waals surface area contributed by atoms with Crippen LogP contribution < -0.4 is 9.80 Å². The minimum absolute atomic E-state index is 0.0151. The van der Waals surface area contributed by atoms with Gasteiger partial charge in [0.05, 0.1) is 34.8 Å². The number of benzene rings is 4. The zero-order valence-electron chi connectivity index (χ0n) is 33.0. The number of urea groups is 2. The van der Waals surface area contributed by atoms with Gasteiger partial charge in [0.2, 0.25) is 0 Å². The lowest BCUT2D eigenvalue weighted by Gasteiger charge is -2.42. The van der Waals surface area contributed by atoms with Gasteiger partial charge in [0.25, 0.3) is 0 Å². The lowest BCUT2D eigenvalue weighted by Crippen LogP contribution is -2.48. The number of nitrogens with zero attached hydrogens (tertiary/aromatic N) is 6. The molecule has 10 heteroatoms. The molecule has 6 aromatic rings. The number of aryl methyl sites for hydroxylation is 4. The van der Waals surface area contributed by atoms with E-state index in [9.17, 15) is 9.59 Å². The number of aromatic nitrogens is 2. The molecule has 0 aliphatic carbocycles. The number of anilines is 2. The first-order valence-electron chi connectivity index (χ1n) is 19.5. The Bertz CT molecular complexity index is 2180. The Labute approximate surface area is 328 Å². The molecule has 2 atom stereocenters. The Morgan fingerprint density at radius 1 is 0.536 bits per heavy atom. The molecule has 56 heavy (non-hydrogen) atoms. The number of unbranched alkanes of at least 4 members (excludes halogenated alkanes) is 3. The zero-order chi connectivity index (χ0) is 39.1. The van der Waals surface area contributed by atoms with E-state index in [1.165, 1.54) is 0 Å². The topological polar surface area (TPSA) is 99.2 Å². The first-order chi connectivity index (χ1) is 27.1. The average molecular weight is 749 g/mol. The van der Waals surface area contributed by atoms with Crippen molar-refractivity contribution in [2.24, 2.45) is 0 Å². The van der Waals surface area contributed by atoms with Gasteiger partial charge in [-0.1, -0.05) is 96.0 Å². The maximum atomic E-state index is 14.1. The second kappa shape index (κ2) is 15.2. The average Bonchev–Trinajstić information content (AvgIpc) is 3.74. The number of rotatable bonds is 11. The predicted octanol–water partition coefficient (Wildman–Crippen LogP) is 10.4. The van der Waals surface area contributed by atoms with Gasteiger partial charge in [-0.25, -0.2) is 9.59 Å². The normalized spacial score (nSPS) is 16.8. The summed E-state index contributed by atoms with van der Waals surface area (Å²) < 4.78 is 11.0. The number of hydrogen-bond acceptors (Lipinski definition) is 6. The van der Waals surface area contributed by atoms with Crippen LogP contribution in [0.15, 0.2) is 106 Å². The van der Waals surface area contributed by atoms with Crippen molar-refractivity contribution < 1.29 is 18.6 Å². The van der Waals surface area contributed by atoms with Gasteiger partial charge in [0, 0.05) is 49.4 Å². The molecule has 8 rings (SSSR count). The molecule has 10 nitrogen and oxygen atoms in total. The summed E-state index contributed by atoms with van der Waals surface area (Å²) in [5.74, 6) is 1.55. The maximum absolute atomic E-state index is 14.1. The fraction of sp³-hybridized carbons (Fsp3) is 0.304. The van der Waals surface area contributed by atoms with Gasteiger partial charge < -0.3 is 18.8 Å². The highest BCUT2D eigenvalue weighted by Gasteiger charge is 2.39. The third kappa shape index (κ3) is 6.52. The summed E-state index contributed by atoms with van der Waals surface area (Å²) in [5.41, 5.74) is 11.8. The molecule has 2 unspecified atom stereocenters. The second-order valence-corrected chi connectivity index (χ2v) is 15.1. The molecule has 0 saturated heterocycles. The molecule has 0 N–H and O–H groups in total. The van der Waals surface area contributed by atoms with Crippen LogP contribution in [-0.2, 0) is 0 Å². The van der Waals surface area contributed by atoms with Crippen molar-refractivity contribution in [3.8, 4) is 22.3 Å². The van der Waals surface area contributed by atoms with Crippen molar-refractivity contribution in [3.63, 3.8) is 0 Å². The number of fused-ring (bicyclic) bond motifs is 2. The molecule has 286 valence electrons. The van der Waals surface area contributed by atoms with Crippen molar-refractivity contribution in [1.29, 1.82) is 0 Å². The summed E-state index contributed by atoms with van der Waals surface area (Å²) in [5, 5.41) is 8.39. The lowest BCUT2D eigenvalue weighted by atomic mass is 9.90. The molecule has 0 spiro atoms. The number of carbonyl (C=O) groups excluding carboxylic acids is 2. The molecule has 4 amide bonds. The molecule has 0 bridgehead atoms. The summed E-state index contributed by atoms with van der Waals surface area (Å²) >= 11 is 0. The van der Waals surface area contributed by atoms with Crippen LogP contribution >= 0.6 is 0 Å². The van der Waals surface area contributed by atoms with Crippen molar-refractivity contribution in [2.75, 3.05) is 37.0 Å². The summed E-state index contributed by atoms with van der Waals surface area (Å²) in [6.45, 7) is 8.99. The van der Waals surface area contributed by atoms with Crippen LogP contribution in [0.2, 0.25) is 0 Å². The van der Waals surface area contributed by atoms with E-state index in [0.717, 1.165) is 104 Å². The molecule has 0 radical (unpaired) electrons. The van der Waals surface area contributed by atoms with Crippen LogP contribution in [0, 0.1) is 27.7 Å². The fourth-order valence-corrected chi connectivity index (χ4v) is 8.76. The number of carbonyl (C=O) groups is 2. The highest BCUT2D eigenvalue weighted by Crippen LogP contribution is 2.45. The number of hydrogen-bond donors (Lipinski definition) is 0. The maximum Gasteiger partial charge on any atom is 0.325 e. The minimum Gasteiger partial charge on any atom is -0.361 e. The third-order valence-electron chi connectivity index (χ3n) is 11.5. The summed E-state index contributed by atoms with van der Waals surface area (Å²) in [6.07, 6.45) is 3.51. The molecule has 0 saturated carbocycles. The zero-order valence-corrected chi connectivity index (χ0v) is 33.0. The summed E-state index contributed by atoms with van der Waals surface area (Å²) in [4.78, 5) is 35.7. The summed E-state index contributed by atoms with van der Waals surface area (Å²) in [7, 11) is 3.71. The molecular formula is C46H48N6O4. The Hall–Kier alpha value is -6.16. The molecule has 2 aromatic heterocycles. The molecular weight excluding hydrogens is 701 g/mol. The van der Waals surface area contributed by atoms with Crippen molar-refractivity contribution >= 4 is 23.4 Å². The van der Waals surface area contributed by atoms with Gasteiger partial charge in [-0.2, -0.15) is 0 Å². The van der Waals surface area contributed by atoms with Crippen LogP contribution in [0.3, 0.4) is 0 Å². The number of amides is 4. The van der Waals surface area contributed by atoms with Crippen molar-refractivity contribution in [2.45, 2.75) is 65.5 Å². The van der Waals surface area contributed by atoms with Gasteiger partial charge >= 0.3 is 12.1 Å². The van der Waals surface area contributed by atoms with E-state index in [4.69, 9.17) is 9.05 Å². The molecule has 4 aromatic carbocycles. The molecule has 0 fully saturated rings. The van der Waals surface area contributed by atoms with Gasteiger partial charge in [-0.05, 0) is 87.1 Å². The van der Waals surface area contributed by atoms with Crippen molar-refractivity contribution in [3.05, 3.63) is 142 Å². The fourth-order valence-electron chi connectivity index (χ4n) is 8.76. The van der Waals surface area contributed by atoms with E-state index in [2.05, 4.69) is 58.8 Å². The standard InChI is InChI=1S/C46H48N6O4/c1-29-41(31(3)55-47-29)35-21-23-39-37(27-35)43(33-17-11-9-12-18-33)51(45(53)49(39)5)25-15-7-8-16-26-52-44(34-19-13-10-14-20-34)38-28-36(42-30(2)48-56-32(42)4)22-24-40(38)50(6)46(52)54/h9-14,17-24,27-28,43-44H,7-8,15-16,25-26H2,1-6H3. The van der Waals surface area contributed by atoms with E-state index >= 15 is 0 Å². The highest BCUT2D eigenvalue weighted by atomic mass is 16.5. The van der Waals surface area contributed by atoms with Crippen LogP contribution in [0.5, 0.6) is 0 Å². The van der Waals surface area contributed by atoms with Gasteiger partial charge in [0.15, 0.2) is 0 Å². The van der Waals surface area contributed by atoms with Crippen molar-refractivity contribution in [1.82, 2.24) is 20.1 Å². The Balaban J connectivity index is 1.00. The van der Waals surface area contributed by atoms with Gasteiger partial charge in [-0.15, -0.1) is 0 Å². The first kappa shape index (κ1) is 36.8. The Kier molecular flexibility index (Phi) is 9.97. The van der Waals surface area contributed by atoms with E-state index < -0.39 is 0 Å².